The molecular weight excluding hydrogens is 180 g/mol. The minimum Gasteiger partial charge on any atom is -0.0952 e. The lowest BCUT2D eigenvalue weighted by Crippen LogP contribution is -2.02. The third-order valence-corrected chi connectivity index (χ3v) is 3.25. The van der Waals surface area contributed by atoms with Crippen LogP contribution < -0.4 is 0 Å². The van der Waals surface area contributed by atoms with Crippen molar-refractivity contribution in [3.8, 4) is 0 Å². The third-order valence-electron chi connectivity index (χ3n) is 3.25. The van der Waals surface area contributed by atoms with E-state index in [-0.39, 0.29) is 0 Å². The Balaban J connectivity index is 2.97. The van der Waals surface area contributed by atoms with E-state index in [1.165, 1.54) is 16.7 Å². The summed E-state index contributed by atoms with van der Waals surface area (Å²) >= 11 is 0. The van der Waals surface area contributed by atoms with Crippen LogP contribution in [0.4, 0.5) is 0 Å². The molecule has 1 atom stereocenters. The molecule has 0 N–H and O–H groups in total. The third kappa shape index (κ3) is 2.95. The van der Waals surface area contributed by atoms with E-state index < -0.39 is 0 Å². The van der Waals surface area contributed by atoms with Crippen molar-refractivity contribution in [3.63, 3.8) is 0 Å². The van der Waals surface area contributed by atoms with Gasteiger partial charge in [0.25, 0.3) is 0 Å². The summed E-state index contributed by atoms with van der Waals surface area (Å²) in [5, 5.41) is 0. The zero-order valence-corrected chi connectivity index (χ0v) is 10.4. The molecule has 1 unspecified atom stereocenters. The highest BCUT2D eigenvalue weighted by atomic mass is 14.1. The Hall–Kier alpha value is -1.04. The number of hydrogen-bond acceptors (Lipinski definition) is 0. The molecular formula is C15H22. The van der Waals surface area contributed by atoms with Gasteiger partial charge in [-0.2, -0.15) is 0 Å². The summed E-state index contributed by atoms with van der Waals surface area (Å²) in [6.45, 7) is 13.1. The van der Waals surface area contributed by atoms with Crippen molar-refractivity contribution in [1.82, 2.24) is 0 Å². The zero-order chi connectivity index (χ0) is 11.4. The minimum atomic E-state index is 0.620. The van der Waals surface area contributed by atoms with Gasteiger partial charge in [-0.25, -0.2) is 0 Å². The SMILES string of the molecule is C=C(CC)c1cccc(C(C)C(C)C)c1. The number of hydrogen-bond donors (Lipinski definition) is 0. The van der Waals surface area contributed by atoms with Crippen LogP contribution in [0, 0.1) is 5.92 Å². The van der Waals surface area contributed by atoms with E-state index in [0.717, 1.165) is 6.42 Å². The van der Waals surface area contributed by atoms with E-state index in [4.69, 9.17) is 0 Å². The van der Waals surface area contributed by atoms with Gasteiger partial charge in [0.05, 0.1) is 0 Å². The highest BCUT2D eigenvalue weighted by Gasteiger charge is 2.10. The molecule has 0 heteroatoms. The minimum absolute atomic E-state index is 0.620. The van der Waals surface area contributed by atoms with Crippen LogP contribution in [0.2, 0.25) is 0 Å². The summed E-state index contributed by atoms with van der Waals surface area (Å²) in [5.41, 5.74) is 3.95. The molecule has 0 aliphatic heterocycles. The van der Waals surface area contributed by atoms with Gasteiger partial charge in [0, 0.05) is 0 Å². The summed E-state index contributed by atoms with van der Waals surface area (Å²) in [6.07, 6.45) is 1.03. The van der Waals surface area contributed by atoms with Crippen molar-refractivity contribution in [2.24, 2.45) is 5.92 Å². The molecule has 0 heterocycles. The van der Waals surface area contributed by atoms with Crippen LogP contribution in [0.15, 0.2) is 30.8 Å². The Morgan fingerprint density at radius 1 is 1.27 bits per heavy atom. The lowest BCUT2D eigenvalue weighted by molar-refractivity contribution is 0.535. The molecule has 1 aromatic rings. The Kier molecular flexibility index (Phi) is 4.14. The van der Waals surface area contributed by atoms with Gasteiger partial charge in [-0.15, -0.1) is 0 Å². The molecule has 1 rings (SSSR count). The van der Waals surface area contributed by atoms with Crippen LogP contribution >= 0.6 is 0 Å². The van der Waals surface area contributed by atoms with Crippen LogP contribution in [0.5, 0.6) is 0 Å². The molecule has 0 aliphatic carbocycles. The van der Waals surface area contributed by atoms with E-state index in [1.54, 1.807) is 0 Å². The standard InChI is InChI=1S/C15H22/c1-6-12(4)14-8-7-9-15(10-14)13(5)11(2)3/h7-11,13H,4,6H2,1-3,5H3. The quantitative estimate of drug-likeness (QED) is 0.653. The fourth-order valence-electron chi connectivity index (χ4n) is 1.63. The van der Waals surface area contributed by atoms with Crippen molar-refractivity contribution < 1.29 is 0 Å². The van der Waals surface area contributed by atoms with Crippen LogP contribution in [0.25, 0.3) is 5.57 Å². The number of allylic oxidation sites excluding steroid dienone is 1. The Morgan fingerprint density at radius 2 is 1.93 bits per heavy atom. The molecule has 0 radical (unpaired) electrons. The Bertz CT molecular complexity index is 334. The maximum atomic E-state index is 4.09. The zero-order valence-electron chi connectivity index (χ0n) is 10.4. The fourth-order valence-corrected chi connectivity index (χ4v) is 1.63. The van der Waals surface area contributed by atoms with Gasteiger partial charge in [0.2, 0.25) is 0 Å². The molecule has 0 saturated carbocycles. The maximum absolute atomic E-state index is 4.09. The van der Waals surface area contributed by atoms with Crippen LogP contribution in [-0.4, -0.2) is 0 Å². The fraction of sp³-hybridized carbons (Fsp3) is 0.467. The van der Waals surface area contributed by atoms with Gasteiger partial charge in [-0.05, 0) is 35.0 Å². The first-order valence-corrected chi connectivity index (χ1v) is 5.84. The maximum Gasteiger partial charge on any atom is -0.0167 e. The van der Waals surface area contributed by atoms with Crippen molar-refractivity contribution in [3.05, 3.63) is 42.0 Å². The van der Waals surface area contributed by atoms with Gasteiger partial charge in [-0.3, -0.25) is 0 Å². The van der Waals surface area contributed by atoms with Gasteiger partial charge in [-0.1, -0.05) is 58.5 Å². The summed E-state index contributed by atoms with van der Waals surface area (Å²) < 4.78 is 0. The predicted octanol–water partition coefficient (Wildman–Crippen LogP) is 4.87. The molecule has 0 aliphatic rings. The molecule has 0 bridgehead atoms. The van der Waals surface area contributed by atoms with E-state index >= 15 is 0 Å². The van der Waals surface area contributed by atoms with Gasteiger partial charge >= 0.3 is 0 Å². The normalized spacial score (nSPS) is 12.9. The molecule has 0 nitrogen and oxygen atoms in total. The number of rotatable bonds is 4. The first-order chi connectivity index (χ1) is 7.06. The van der Waals surface area contributed by atoms with E-state index in [1.807, 2.05) is 0 Å². The summed E-state index contributed by atoms with van der Waals surface area (Å²) in [4.78, 5) is 0. The second-order valence-electron chi connectivity index (χ2n) is 4.62. The van der Waals surface area contributed by atoms with Gasteiger partial charge in [0.1, 0.15) is 0 Å². The monoisotopic (exact) mass is 202 g/mol. The molecule has 1 aromatic carbocycles. The smallest absolute Gasteiger partial charge is 0.0167 e. The Labute approximate surface area is 94.0 Å². The summed E-state index contributed by atoms with van der Waals surface area (Å²) in [7, 11) is 0. The second kappa shape index (κ2) is 5.16. The summed E-state index contributed by atoms with van der Waals surface area (Å²) in [6, 6.07) is 8.81. The van der Waals surface area contributed by atoms with Crippen LogP contribution in [0.1, 0.15) is 51.2 Å². The molecule has 0 fully saturated rings. The van der Waals surface area contributed by atoms with E-state index in [9.17, 15) is 0 Å². The van der Waals surface area contributed by atoms with Crippen LogP contribution in [0.3, 0.4) is 0 Å². The number of benzene rings is 1. The first kappa shape index (κ1) is 12.0. The molecule has 82 valence electrons. The van der Waals surface area contributed by atoms with Crippen molar-refractivity contribution in [1.29, 1.82) is 0 Å². The molecule has 0 saturated heterocycles. The van der Waals surface area contributed by atoms with Crippen LogP contribution in [-0.2, 0) is 0 Å². The van der Waals surface area contributed by atoms with Crippen molar-refractivity contribution in [2.75, 3.05) is 0 Å². The largest absolute Gasteiger partial charge is 0.0952 e. The summed E-state index contributed by atoms with van der Waals surface area (Å²) in [5.74, 6) is 1.31. The van der Waals surface area contributed by atoms with Crippen molar-refractivity contribution in [2.45, 2.75) is 40.0 Å². The molecule has 15 heavy (non-hydrogen) atoms. The lowest BCUT2D eigenvalue weighted by atomic mass is 9.88. The highest BCUT2D eigenvalue weighted by Crippen LogP contribution is 2.26. The Morgan fingerprint density at radius 3 is 2.47 bits per heavy atom. The lowest BCUT2D eigenvalue weighted by Gasteiger charge is -2.17. The van der Waals surface area contributed by atoms with E-state index in [0.29, 0.717) is 11.8 Å². The topological polar surface area (TPSA) is 0 Å². The average molecular weight is 202 g/mol. The molecule has 0 aromatic heterocycles. The molecule has 0 spiro atoms. The van der Waals surface area contributed by atoms with Gasteiger partial charge in [0.15, 0.2) is 0 Å². The second-order valence-corrected chi connectivity index (χ2v) is 4.62. The predicted molar refractivity (Wildman–Crippen MR) is 69.0 cm³/mol. The van der Waals surface area contributed by atoms with Crippen molar-refractivity contribution >= 4 is 5.57 Å². The average Bonchev–Trinajstić information content (AvgIpc) is 2.27. The van der Waals surface area contributed by atoms with Gasteiger partial charge < -0.3 is 0 Å². The molecule has 0 amide bonds. The highest BCUT2D eigenvalue weighted by molar-refractivity contribution is 5.63. The van der Waals surface area contributed by atoms with E-state index in [2.05, 4.69) is 58.5 Å². The first-order valence-electron chi connectivity index (χ1n) is 5.84.